The Morgan fingerprint density at radius 2 is 1.68 bits per heavy atom. The van der Waals surface area contributed by atoms with Crippen molar-refractivity contribution in [2.75, 3.05) is 5.73 Å². The molecular weight excluding hydrogens is 236 g/mol. The van der Waals surface area contributed by atoms with E-state index in [2.05, 4.69) is 25.1 Å². The summed E-state index contributed by atoms with van der Waals surface area (Å²) in [4.78, 5) is 0. The summed E-state index contributed by atoms with van der Waals surface area (Å²) in [5, 5.41) is 12.8. The summed E-state index contributed by atoms with van der Waals surface area (Å²) < 4.78 is 0. The first-order valence-corrected chi connectivity index (χ1v) is 6.30. The number of rotatable bonds is 3. The van der Waals surface area contributed by atoms with Gasteiger partial charge in [-0.15, -0.1) is 0 Å². The Labute approximate surface area is 113 Å². The number of anilines is 1. The second kappa shape index (κ2) is 5.57. The molecule has 0 saturated heterocycles. The van der Waals surface area contributed by atoms with Crippen LogP contribution in [0.3, 0.4) is 0 Å². The number of hydrogen-bond donors (Lipinski definition) is 2. The van der Waals surface area contributed by atoms with Crippen LogP contribution >= 0.6 is 0 Å². The molecule has 0 radical (unpaired) electrons. The van der Waals surface area contributed by atoms with E-state index in [4.69, 9.17) is 5.73 Å². The number of benzene rings is 2. The molecule has 0 aliphatic carbocycles. The summed E-state index contributed by atoms with van der Waals surface area (Å²) in [5.74, 6) is 0.363. The van der Waals surface area contributed by atoms with Gasteiger partial charge in [0.1, 0.15) is 5.71 Å². The minimum atomic E-state index is 0.363. The number of oxime groups is 1. The van der Waals surface area contributed by atoms with Crippen LogP contribution in [0.2, 0.25) is 0 Å². The highest BCUT2D eigenvalue weighted by molar-refractivity contribution is 6.13. The average Bonchev–Trinajstić information content (AvgIpc) is 2.42. The maximum absolute atomic E-state index is 9.37. The molecule has 3 nitrogen and oxygen atoms in total. The molecule has 98 valence electrons. The van der Waals surface area contributed by atoms with Gasteiger partial charge in [-0.25, -0.2) is 0 Å². The Morgan fingerprint density at radius 1 is 1.05 bits per heavy atom. The van der Waals surface area contributed by atoms with E-state index in [1.54, 1.807) is 12.1 Å². The average molecular weight is 254 g/mol. The van der Waals surface area contributed by atoms with Gasteiger partial charge in [-0.05, 0) is 23.6 Å². The zero-order valence-corrected chi connectivity index (χ0v) is 11.2. The number of nitrogens with two attached hydrogens (primary N) is 1. The van der Waals surface area contributed by atoms with Gasteiger partial charge >= 0.3 is 0 Å². The molecule has 0 amide bonds. The molecule has 2 rings (SSSR count). The van der Waals surface area contributed by atoms with Crippen LogP contribution in [0.5, 0.6) is 0 Å². The van der Waals surface area contributed by atoms with Gasteiger partial charge < -0.3 is 10.9 Å². The van der Waals surface area contributed by atoms with Crippen molar-refractivity contribution in [1.29, 1.82) is 0 Å². The van der Waals surface area contributed by atoms with Crippen LogP contribution in [0.1, 0.15) is 36.5 Å². The highest BCUT2D eigenvalue weighted by Crippen LogP contribution is 2.22. The summed E-state index contributed by atoms with van der Waals surface area (Å²) in [7, 11) is 0. The van der Waals surface area contributed by atoms with Crippen LogP contribution < -0.4 is 5.73 Å². The van der Waals surface area contributed by atoms with Crippen LogP contribution in [0.15, 0.2) is 53.7 Å². The first-order valence-electron chi connectivity index (χ1n) is 6.30. The number of nitrogen functional groups attached to an aromatic ring is 1. The zero-order chi connectivity index (χ0) is 13.8. The third-order valence-corrected chi connectivity index (χ3v) is 3.12. The molecule has 0 heterocycles. The van der Waals surface area contributed by atoms with E-state index >= 15 is 0 Å². The van der Waals surface area contributed by atoms with Gasteiger partial charge in [0.15, 0.2) is 0 Å². The van der Waals surface area contributed by atoms with Crippen molar-refractivity contribution in [3.05, 3.63) is 65.2 Å². The first-order chi connectivity index (χ1) is 9.13. The minimum absolute atomic E-state index is 0.363. The molecule has 3 N–H and O–H groups in total. The maximum atomic E-state index is 9.37. The van der Waals surface area contributed by atoms with Crippen LogP contribution in [-0.4, -0.2) is 10.9 Å². The molecule has 0 saturated carbocycles. The van der Waals surface area contributed by atoms with Crippen LogP contribution in [0, 0.1) is 0 Å². The summed E-state index contributed by atoms with van der Waals surface area (Å²) >= 11 is 0. The third kappa shape index (κ3) is 2.76. The lowest BCUT2D eigenvalue weighted by Crippen LogP contribution is -2.08. The van der Waals surface area contributed by atoms with Crippen LogP contribution in [-0.2, 0) is 0 Å². The molecule has 0 atom stereocenters. The lowest BCUT2D eigenvalue weighted by atomic mass is 9.91. The standard InChI is InChI=1S/C16H18N2O/c1-11(2)14-5-3-4-6-15(14)16(18-19)12-7-9-13(17)10-8-12/h3-11,19H,17H2,1-2H3. The van der Waals surface area contributed by atoms with Crippen molar-refractivity contribution in [2.24, 2.45) is 5.16 Å². The van der Waals surface area contributed by atoms with Crippen molar-refractivity contribution in [2.45, 2.75) is 19.8 Å². The molecule has 3 heteroatoms. The molecule has 0 bridgehead atoms. The van der Waals surface area contributed by atoms with Crippen molar-refractivity contribution in [3.63, 3.8) is 0 Å². The Morgan fingerprint density at radius 3 is 2.26 bits per heavy atom. The van der Waals surface area contributed by atoms with Gasteiger partial charge in [-0.3, -0.25) is 0 Å². The van der Waals surface area contributed by atoms with Crippen molar-refractivity contribution < 1.29 is 5.21 Å². The Balaban J connectivity index is 2.52. The predicted octanol–water partition coefficient (Wildman–Crippen LogP) is 3.62. The van der Waals surface area contributed by atoms with E-state index < -0.39 is 0 Å². The Bertz CT molecular complexity index is 586. The van der Waals surface area contributed by atoms with Crippen molar-refractivity contribution in [3.8, 4) is 0 Å². The molecule has 2 aromatic rings. The number of hydrogen-bond acceptors (Lipinski definition) is 3. The van der Waals surface area contributed by atoms with Gasteiger partial charge in [0, 0.05) is 16.8 Å². The lowest BCUT2D eigenvalue weighted by molar-refractivity contribution is 0.319. The first kappa shape index (κ1) is 13.1. The molecule has 2 aromatic carbocycles. The van der Waals surface area contributed by atoms with E-state index in [0.717, 1.165) is 16.7 Å². The monoisotopic (exact) mass is 254 g/mol. The molecule has 0 aliphatic heterocycles. The molecule has 0 unspecified atom stereocenters. The summed E-state index contributed by atoms with van der Waals surface area (Å²) in [6.07, 6.45) is 0. The van der Waals surface area contributed by atoms with E-state index in [-0.39, 0.29) is 0 Å². The SMILES string of the molecule is CC(C)c1ccccc1C(=NO)c1ccc(N)cc1. The zero-order valence-electron chi connectivity index (χ0n) is 11.2. The fraction of sp³-hybridized carbons (Fsp3) is 0.188. The van der Waals surface area contributed by atoms with Crippen LogP contribution in [0.25, 0.3) is 0 Å². The predicted molar refractivity (Wildman–Crippen MR) is 78.8 cm³/mol. The maximum Gasteiger partial charge on any atom is 0.117 e. The second-order valence-electron chi connectivity index (χ2n) is 4.81. The van der Waals surface area contributed by atoms with Gasteiger partial charge in [-0.2, -0.15) is 0 Å². The summed E-state index contributed by atoms with van der Waals surface area (Å²) in [6.45, 7) is 4.24. The molecular formula is C16H18N2O. The normalized spacial score (nSPS) is 11.8. The quantitative estimate of drug-likeness (QED) is 0.380. The van der Waals surface area contributed by atoms with Gasteiger partial charge in [0.25, 0.3) is 0 Å². The largest absolute Gasteiger partial charge is 0.410 e. The molecule has 0 spiro atoms. The van der Waals surface area contributed by atoms with E-state index in [0.29, 0.717) is 17.3 Å². The fourth-order valence-electron chi connectivity index (χ4n) is 2.12. The molecule has 0 fully saturated rings. The number of nitrogens with zero attached hydrogens (tertiary/aromatic N) is 1. The van der Waals surface area contributed by atoms with Crippen LogP contribution in [0.4, 0.5) is 5.69 Å². The van der Waals surface area contributed by atoms with E-state index in [1.165, 1.54) is 0 Å². The highest BCUT2D eigenvalue weighted by Gasteiger charge is 2.13. The van der Waals surface area contributed by atoms with E-state index in [9.17, 15) is 5.21 Å². The topological polar surface area (TPSA) is 58.6 Å². The van der Waals surface area contributed by atoms with Gasteiger partial charge in [0.2, 0.25) is 0 Å². The van der Waals surface area contributed by atoms with E-state index in [1.807, 2.05) is 30.3 Å². The summed E-state index contributed by atoms with van der Waals surface area (Å²) in [5.41, 5.74) is 9.91. The van der Waals surface area contributed by atoms with Crippen molar-refractivity contribution in [1.82, 2.24) is 0 Å². The Hall–Kier alpha value is -2.29. The molecule has 0 aliphatic rings. The van der Waals surface area contributed by atoms with Gasteiger partial charge in [0.05, 0.1) is 0 Å². The minimum Gasteiger partial charge on any atom is -0.410 e. The summed E-state index contributed by atoms with van der Waals surface area (Å²) in [6, 6.07) is 15.3. The van der Waals surface area contributed by atoms with Gasteiger partial charge in [-0.1, -0.05) is 55.4 Å². The smallest absolute Gasteiger partial charge is 0.117 e. The Kier molecular flexibility index (Phi) is 3.85. The third-order valence-electron chi connectivity index (χ3n) is 3.12. The van der Waals surface area contributed by atoms with Crippen molar-refractivity contribution >= 4 is 11.4 Å². The fourth-order valence-corrected chi connectivity index (χ4v) is 2.12. The highest BCUT2D eigenvalue weighted by atomic mass is 16.4. The second-order valence-corrected chi connectivity index (χ2v) is 4.81. The molecule has 19 heavy (non-hydrogen) atoms. The lowest BCUT2D eigenvalue weighted by Gasteiger charge is -2.13. The molecule has 0 aromatic heterocycles.